The van der Waals surface area contributed by atoms with Crippen LogP contribution in [0.3, 0.4) is 0 Å². The zero-order chi connectivity index (χ0) is 21.1. The molecule has 2 N–H and O–H groups in total. The number of rotatable bonds is 4. The summed E-state index contributed by atoms with van der Waals surface area (Å²) in [5.74, 6) is 3.72. The van der Waals surface area contributed by atoms with E-state index in [1.165, 1.54) is 24.8 Å². The van der Waals surface area contributed by atoms with E-state index < -0.39 is 0 Å². The van der Waals surface area contributed by atoms with E-state index in [1.54, 1.807) is 7.05 Å². The summed E-state index contributed by atoms with van der Waals surface area (Å²) >= 11 is 0. The molecule has 30 heavy (non-hydrogen) atoms. The highest BCUT2D eigenvalue weighted by atomic mass is 15.3. The molecule has 2 aliphatic rings. The van der Waals surface area contributed by atoms with Gasteiger partial charge in [-0.15, -0.1) is 5.10 Å². The lowest BCUT2D eigenvalue weighted by Gasteiger charge is -2.19. The molecule has 4 heterocycles. The van der Waals surface area contributed by atoms with Crippen LogP contribution in [0.15, 0.2) is 29.4 Å². The van der Waals surface area contributed by atoms with Crippen molar-refractivity contribution in [1.82, 2.24) is 19.6 Å². The number of hydrogen-bond acceptors (Lipinski definition) is 6. The van der Waals surface area contributed by atoms with Gasteiger partial charge < -0.3 is 10.6 Å². The third-order valence-electron chi connectivity index (χ3n) is 6.08. The molecule has 0 radical (unpaired) electrons. The number of aromatic nitrogens is 4. The fourth-order valence-electron chi connectivity index (χ4n) is 3.94. The fourth-order valence-corrected chi connectivity index (χ4v) is 3.94. The van der Waals surface area contributed by atoms with Crippen molar-refractivity contribution in [2.75, 3.05) is 24.7 Å². The molecule has 1 atom stereocenters. The monoisotopic (exact) mass is 405 g/mol. The first-order valence-electron chi connectivity index (χ1n) is 10.9. The van der Waals surface area contributed by atoms with Crippen molar-refractivity contribution in [2.24, 2.45) is 10.9 Å². The first kappa shape index (κ1) is 20.3. The molecule has 0 aromatic carbocycles. The van der Waals surface area contributed by atoms with Crippen LogP contribution < -0.4 is 10.6 Å². The van der Waals surface area contributed by atoms with E-state index in [0.29, 0.717) is 11.9 Å². The Balaban J connectivity index is 0.000000383. The van der Waals surface area contributed by atoms with Crippen LogP contribution in [0.5, 0.6) is 0 Å². The minimum atomic E-state index is 0.509. The van der Waals surface area contributed by atoms with E-state index in [-0.39, 0.29) is 0 Å². The van der Waals surface area contributed by atoms with Gasteiger partial charge in [-0.2, -0.15) is 4.98 Å². The summed E-state index contributed by atoms with van der Waals surface area (Å²) in [4.78, 5) is 13.8. The van der Waals surface area contributed by atoms with Crippen LogP contribution in [0, 0.1) is 5.92 Å². The van der Waals surface area contributed by atoms with Crippen molar-refractivity contribution in [3.05, 3.63) is 30.0 Å². The molecule has 1 unspecified atom stereocenters. The summed E-state index contributed by atoms with van der Waals surface area (Å²) in [6.45, 7) is 4.52. The quantitative estimate of drug-likeness (QED) is 0.617. The van der Waals surface area contributed by atoms with Gasteiger partial charge in [0.25, 0.3) is 0 Å². The third kappa shape index (κ3) is 3.88. The van der Waals surface area contributed by atoms with Crippen LogP contribution in [0.1, 0.15) is 57.4 Å². The van der Waals surface area contributed by atoms with Crippen molar-refractivity contribution in [3.8, 4) is 11.3 Å². The van der Waals surface area contributed by atoms with Crippen molar-refractivity contribution < 1.29 is 0 Å². The molecule has 1 fully saturated rings. The van der Waals surface area contributed by atoms with E-state index in [9.17, 15) is 0 Å². The van der Waals surface area contributed by atoms with Crippen LogP contribution in [-0.2, 0) is 0 Å². The van der Waals surface area contributed by atoms with E-state index in [4.69, 9.17) is 4.98 Å². The van der Waals surface area contributed by atoms with Gasteiger partial charge in [-0.05, 0) is 36.8 Å². The van der Waals surface area contributed by atoms with Crippen molar-refractivity contribution in [1.29, 1.82) is 0 Å². The highest BCUT2D eigenvalue weighted by Crippen LogP contribution is 2.36. The number of nitrogens with one attached hydrogen (secondary N) is 2. The van der Waals surface area contributed by atoms with Crippen molar-refractivity contribution >= 4 is 29.3 Å². The number of anilines is 2. The summed E-state index contributed by atoms with van der Waals surface area (Å²) in [5.41, 5.74) is 4.01. The lowest BCUT2D eigenvalue weighted by atomic mass is 9.88. The van der Waals surface area contributed by atoms with E-state index in [0.717, 1.165) is 47.2 Å². The Bertz CT molecular complexity index is 1050. The smallest absolute Gasteiger partial charge is 0.242 e. The topological polar surface area (TPSA) is 79.5 Å². The number of pyridine rings is 1. The Labute approximate surface area is 178 Å². The first-order chi connectivity index (χ1) is 14.6. The van der Waals surface area contributed by atoms with Gasteiger partial charge in [-0.1, -0.05) is 39.2 Å². The maximum Gasteiger partial charge on any atom is 0.242 e. The van der Waals surface area contributed by atoms with E-state index >= 15 is 0 Å². The molecule has 1 aliphatic carbocycles. The average molecular weight is 406 g/mol. The highest BCUT2D eigenvalue weighted by Gasteiger charge is 2.20. The molecule has 7 heteroatoms. The molecular weight excluding hydrogens is 374 g/mol. The molecule has 1 saturated carbocycles. The average Bonchev–Trinajstić information content (AvgIpc) is 3.20. The predicted octanol–water partition coefficient (Wildman–Crippen LogP) is 5.28. The molecule has 0 saturated heterocycles. The summed E-state index contributed by atoms with van der Waals surface area (Å²) in [6, 6.07) is 6.25. The second kappa shape index (κ2) is 8.81. The van der Waals surface area contributed by atoms with Crippen molar-refractivity contribution in [3.63, 3.8) is 0 Å². The third-order valence-corrected chi connectivity index (χ3v) is 6.08. The molecule has 7 nitrogen and oxygen atoms in total. The van der Waals surface area contributed by atoms with Crippen LogP contribution in [0.25, 0.3) is 16.8 Å². The van der Waals surface area contributed by atoms with E-state index in [2.05, 4.69) is 51.7 Å². The molecule has 158 valence electrons. The van der Waals surface area contributed by atoms with Gasteiger partial charge >= 0.3 is 0 Å². The summed E-state index contributed by atoms with van der Waals surface area (Å²) in [5, 5.41) is 10.6. The van der Waals surface area contributed by atoms with Gasteiger partial charge in [0, 0.05) is 37.6 Å². The number of nitrogens with zero attached hydrogens (tertiary/aromatic N) is 5. The Morgan fingerprint density at radius 2 is 1.90 bits per heavy atom. The molecule has 3 aromatic rings. The lowest BCUT2D eigenvalue weighted by molar-refractivity contribution is 0.346. The molecule has 0 bridgehead atoms. The van der Waals surface area contributed by atoms with Crippen LogP contribution >= 0.6 is 0 Å². The van der Waals surface area contributed by atoms with Gasteiger partial charge in [0.1, 0.15) is 5.52 Å². The molecule has 0 spiro atoms. The standard InChI is InChI=1S/C18H21N7.C5H10/c1-4-11-7-9-21-16-12(11)5-6-14(22-16)13-8-10-25-15(13)17(19-2)23-18(20-3)24-25;1-5-3-2-4-5/h5-6,8-11H,4,7H2,1-3H3,(H2,19,20,23,24);5H,2-4H2,1H3. The second-order valence-corrected chi connectivity index (χ2v) is 8.10. The Morgan fingerprint density at radius 1 is 1.10 bits per heavy atom. The Morgan fingerprint density at radius 3 is 2.53 bits per heavy atom. The minimum Gasteiger partial charge on any atom is -0.371 e. The summed E-state index contributed by atoms with van der Waals surface area (Å²) < 4.78 is 1.82. The number of aliphatic imine (C=N–C) groups is 1. The van der Waals surface area contributed by atoms with Gasteiger partial charge in [0.15, 0.2) is 11.6 Å². The van der Waals surface area contributed by atoms with Gasteiger partial charge in [0.05, 0.1) is 5.69 Å². The molecule has 1 aliphatic heterocycles. The number of hydrogen-bond donors (Lipinski definition) is 2. The maximum atomic E-state index is 4.81. The van der Waals surface area contributed by atoms with Gasteiger partial charge in [-0.3, -0.25) is 0 Å². The normalized spacial score (nSPS) is 17.7. The predicted molar refractivity (Wildman–Crippen MR) is 124 cm³/mol. The maximum absolute atomic E-state index is 4.81. The summed E-state index contributed by atoms with van der Waals surface area (Å²) in [6.07, 6.45) is 10.4. The van der Waals surface area contributed by atoms with Gasteiger partial charge in [0.2, 0.25) is 5.95 Å². The van der Waals surface area contributed by atoms with Crippen LogP contribution in [0.4, 0.5) is 17.6 Å². The second-order valence-electron chi connectivity index (χ2n) is 8.10. The van der Waals surface area contributed by atoms with E-state index in [1.807, 2.05) is 30.0 Å². The van der Waals surface area contributed by atoms with Gasteiger partial charge in [-0.25, -0.2) is 14.5 Å². The molecule has 5 rings (SSSR count). The summed E-state index contributed by atoms with van der Waals surface area (Å²) in [7, 11) is 3.66. The number of fused-ring (bicyclic) bond motifs is 2. The Kier molecular flexibility index (Phi) is 5.97. The highest BCUT2D eigenvalue weighted by molar-refractivity contribution is 5.88. The first-order valence-corrected chi connectivity index (χ1v) is 10.9. The zero-order valence-electron chi connectivity index (χ0n) is 18.3. The Hall–Kier alpha value is -2.96. The largest absolute Gasteiger partial charge is 0.371 e. The molecular formula is C23H31N7. The molecule has 0 amide bonds. The fraction of sp³-hybridized carbons (Fsp3) is 0.478. The molecule has 3 aromatic heterocycles. The lowest BCUT2D eigenvalue weighted by Crippen LogP contribution is -2.06. The minimum absolute atomic E-state index is 0.509. The van der Waals surface area contributed by atoms with Crippen LogP contribution in [-0.4, -0.2) is 39.9 Å². The zero-order valence-corrected chi connectivity index (χ0v) is 18.3. The van der Waals surface area contributed by atoms with Crippen molar-refractivity contribution in [2.45, 2.75) is 51.9 Å². The van der Waals surface area contributed by atoms with Crippen LogP contribution in [0.2, 0.25) is 0 Å². The SMILES string of the molecule is CC1CCC1.CCC1CC=Nc2nc(-c3ccn4nc(NC)nc(NC)c34)ccc21.